The summed E-state index contributed by atoms with van der Waals surface area (Å²) in [6.45, 7) is 10.9. The average Bonchev–Trinajstić information content (AvgIpc) is 2.07. The van der Waals surface area contributed by atoms with Gasteiger partial charge in [-0.05, 0) is 36.0 Å². The van der Waals surface area contributed by atoms with E-state index in [0.29, 0.717) is 0 Å². The first-order valence-electron chi connectivity index (χ1n) is 5.02. The Hall–Kier alpha value is -0.980. The zero-order chi connectivity index (χ0) is 10.9. The normalized spacial score (nSPS) is 11.6. The molecule has 1 rings (SSSR count). The van der Waals surface area contributed by atoms with Gasteiger partial charge in [-0.2, -0.15) is 0 Å². The topological polar surface area (TPSA) is 9.23 Å². The molecule has 0 aromatic heterocycles. The van der Waals surface area contributed by atoms with E-state index in [1.54, 1.807) is 7.11 Å². The molecule has 14 heavy (non-hydrogen) atoms. The van der Waals surface area contributed by atoms with Crippen molar-refractivity contribution < 1.29 is 4.74 Å². The number of aryl methyl sites for hydroxylation is 1. The van der Waals surface area contributed by atoms with Crippen LogP contribution in [0.15, 0.2) is 12.1 Å². The second-order valence-electron chi connectivity index (χ2n) is 4.84. The molecule has 1 aromatic rings. The van der Waals surface area contributed by atoms with Gasteiger partial charge in [0.1, 0.15) is 5.75 Å². The monoisotopic (exact) mass is 192 g/mol. The van der Waals surface area contributed by atoms with Crippen molar-refractivity contribution in [2.75, 3.05) is 7.11 Å². The molecular weight excluding hydrogens is 172 g/mol. The number of benzene rings is 1. The van der Waals surface area contributed by atoms with E-state index >= 15 is 0 Å². The summed E-state index contributed by atoms with van der Waals surface area (Å²) in [4.78, 5) is 0. The Morgan fingerprint density at radius 1 is 1.07 bits per heavy atom. The summed E-state index contributed by atoms with van der Waals surface area (Å²) in [5.41, 5.74) is 3.96. The fraction of sp³-hybridized carbons (Fsp3) is 0.538. The molecule has 78 valence electrons. The highest BCUT2D eigenvalue weighted by Gasteiger charge is 2.20. The van der Waals surface area contributed by atoms with Crippen LogP contribution in [0, 0.1) is 13.8 Å². The summed E-state index contributed by atoms with van der Waals surface area (Å²) in [5.74, 6) is 1.04. The van der Waals surface area contributed by atoms with Crippen LogP contribution in [-0.2, 0) is 5.41 Å². The molecule has 0 aliphatic rings. The van der Waals surface area contributed by atoms with Crippen LogP contribution >= 0.6 is 0 Å². The van der Waals surface area contributed by atoms with Gasteiger partial charge in [0.2, 0.25) is 0 Å². The first kappa shape index (κ1) is 11.1. The standard InChI is InChI=1S/C13H20O/c1-9-7-8-11(13(3,4)5)12(14-6)10(9)2/h7-8H,1-6H3. The smallest absolute Gasteiger partial charge is 0.125 e. The third kappa shape index (κ3) is 1.92. The molecule has 0 fully saturated rings. The lowest BCUT2D eigenvalue weighted by molar-refractivity contribution is 0.394. The van der Waals surface area contributed by atoms with Crippen LogP contribution in [0.1, 0.15) is 37.5 Å². The predicted octanol–water partition coefficient (Wildman–Crippen LogP) is 3.61. The number of hydrogen-bond donors (Lipinski definition) is 0. The molecule has 1 nitrogen and oxygen atoms in total. The summed E-state index contributed by atoms with van der Waals surface area (Å²) in [6.07, 6.45) is 0. The summed E-state index contributed by atoms with van der Waals surface area (Å²) in [6, 6.07) is 4.33. The quantitative estimate of drug-likeness (QED) is 0.660. The highest BCUT2D eigenvalue weighted by Crippen LogP contribution is 2.34. The van der Waals surface area contributed by atoms with Gasteiger partial charge in [0, 0.05) is 0 Å². The van der Waals surface area contributed by atoms with E-state index in [1.165, 1.54) is 16.7 Å². The summed E-state index contributed by atoms with van der Waals surface area (Å²) in [7, 11) is 1.75. The maximum atomic E-state index is 5.48. The Morgan fingerprint density at radius 3 is 2.07 bits per heavy atom. The SMILES string of the molecule is COc1c(C(C)(C)C)ccc(C)c1C. The number of ether oxygens (including phenoxy) is 1. The molecule has 0 bridgehead atoms. The Bertz CT molecular complexity index is 332. The van der Waals surface area contributed by atoms with Gasteiger partial charge in [0.05, 0.1) is 7.11 Å². The van der Waals surface area contributed by atoms with Crippen LogP contribution in [0.3, 0.4) is 0 Å². The van der Waals surface area contributed by atoms with Crippen LogP contribution in [0.2, 0.25) is 0 Å². The number of methoxy groups -OCH3 is 1. The Kier molecular flexibility index (Phi) is 2.89. The molecule has 0 amide bonds. The minimum atomic E-state index is 0.143. The van der Waals surface area contributed by atoms with E-state index in [9.17, 15) is 0 Å². The molecule has 0 atom stereocenters. The highest BCUT2D eigenvalue weighted by molar-refractivity contribution is 5.48. The third-order valence-electron chi connectivity index (χ3n) is 2.69. The summed E-state index contributed by atoms with van der Waals surface area (Å²) in [5, 5.41) is 0. The first-order chi connectivity index (χ1) is 6.38. The summed E-state index contributed by atoms with van der Waals surface area (Å²) < 4.78 is 5.48. The minimum absolute atomic E-state index is 0.143. The van der Waals surface area contributed by atoms with Crippen molar-refractivity contribution in [3.05, 3.63) is 28.8 Å². The van der Waals surface area contributed by atoms with Gasteiger partial charge in [-0.1, -0.05) is 32.9 Å². The molecule has 0 heterocycles. The van der Waals surface area contributed by atoms with Gasteiger partial charge < -0.3 is 4.74 Å². The van der Waals surface area contributed by atoms with Crippen LogP contribution in [0.5, 0.6) is 5.75 Å². The van der Waals surface area contributed by atoms with E-state index in [2.05, 4.69) is 46.8 Å². The van der Waals surface area contributed by atoms with Crippen molar-refractivity contribution in [3.8, 4) is 5.75 Å². The van der Waals surface area contributed by atoms with E-state index < -0.39 is 0 Å². The van der Waals surface area contributed by atoms with Gasteiger partial charge in [0.25, 0.3) is 0 Å². The molecule has 0 aliphatic carbocycles. The largest absolute Gasteiger partial charge is 0.496 e. The molecule has 0 unspecified atom stereocenters. The van der Waals surface area contributed by atoms with Crippen LogP contribution in [0.25, 0.3) is 0 Å². The lowest BCUT2D eigenvalue weighted by Crippen LogP contribution is -2.13. The molecule has 0 spiro atoms. The third-order valence-corrected chi connectivity index (χ3v) is 2.69. The molecular formula is C13H20O. The molecule has 1 heteroatoms. The van der Waals surface area contributed by atoms with Gasteiger partial charge in [-0.15, -0.1) is 0 Å². The lowest BCUT2D eigenvalue weighted by atomic mass is 9.84. The van der Waals surface area contributed by atoms with Gasteiger partial charge in [-0.25, -0.2) is 0 Å². The molecule has 1 aromatic carbocycles. The van der Waals surface area contributed by atoms with Crippen molar-refractivity contribution in [3.63, 3.8) is 0 Å². The molecule has 0 aliphatic heterocycles. The second-order valence-corrected chi connectivity index (χ2v) is 4.84. The van der Waals surface area contributed by atoms with Crippen molar-refractivity contribution >= 4 is 0 Å². The van der Waals surface area contributed by atoms with Crippen molar-refractivity contribution in [1.29, 1.82) is 0 Å². The van der Waals surface area contributed by atoms with Gasteiger partial charge in [0.15, 0.2) is 0 Å². The van der Waals surface area contributed by atoms with Crippen molar-refractivity contribution in [1.82, 2.24) is 0 Å². The van der Waals surface area contributed by atoms with Crippen molar-refractivity contribution in [2.24, 2.45) is 0 Å². The Balaban J connectivity index is 3.39. The fourth-order valence-corrected chi connectivity index (χ4v) is 1.64. The fourth-order valence-electron chi connectivity index (χ4n) is 1.64. The van der Waals surface area contributed by atoms with E-state index in [1.807, 2.05) is 0 Å². The Labute approximate surface area is 87.1 Å². The van der Waals surface area contributed by atoms with E-state index in [4.69, 9.17) is 4.74 Å². The van der Waals surface area contributed by atoms with E-state index in [0.717, 1.165) is 5.75 Å². The molecule has 0 saturated carbocycles. The Morgan fingerprint density at radius 2 is 1.64 bits per heavy atom. The average molecular weight is 192 g/mol. The zero-order valence-electron chi connectivity index (χ0n) is 10.1. The first-order valence-corrected chi connectivity index (χ1v) is 5.02. The van der Waals surface area contributed by atoms with Crippen molar-refractivity contribution in [2.45, 2.75) is 40.0 Å². The highest BCUT2D eigenvalue weighted by atomic mass is 16.5. The molecule has 0 radical (unpaired) electrons. The van der Waals surface area contributed by atoms with Crippen LogP contribution in [-0.4, -0.2) is 7.11 Å². The minimum Gasteiger partial charge on any atom is -0.496 e. The molecule has 0 saturated heterocycles. The number of hydrogen-bond acceptors (Lipinski definition) is 1. The second kappa shape index (κ2) is 3.64. The van der Waals surface area contributed by atoms with E-state index in [-0.39, 0.29) is 5.41 Å². The van der Waals surface area contributed by atoms with Crippen LogP contribution < -0.4 is 4.74 Å². The molecule has 0 N–H and O–H groups in total. The lowest BCUT2D eigenvalue weighted by Gasteiger charge is -2.24. The maximum absolute atomic E-state index is 5.48. The summed E-state index contributed by atoms with van der Waals surface area (Å²) >= 11 is 0. The zero-order valence-corrected chi connectivity index (χ0v) is 10.1. The van der Waals surface area contributed by atoms with Gasteiger partial charge >= 0.3 is 0 Å². The maximum Gasteiger partial charge on any atom is 0.125 e. The predicted molar refractivity (Wildman–Crippen MR) is 61.2 cm³/mol. The number of rotatable bonds is 1. The van der Waals surface area contributed by atoms with Gasteiger partial charge in [-0.3, -0.25) is 0 Å². The van der Waals surface area contributed by atoms with Crippen LogP contribution in [0.4, 0.5) is 0 Å².